The van der Waals surface area contributed by atoms with Gasteiger partial charge in [0.15, 0.2) is 0 Å². The highest BCUT2D eigenvalue weighted by atomic mass is 16.5. The fourth-order valence-corrected chi connectivity index (χ4v) is 5.18. The van der Waals surface area contributed by atoms with E-state index in [1.807, 2.05) is 60.0 Å². The lowest BCUT2D eigenvalue weighted by Crippen LogP contribution is -2.30. The van der Waals surface area contributed by atoms with Crippen molar-refractivity contribution in [3.05, 3.63) is 105 Å². The molecule has 0 atom stereocenters. The van der Waals surface area contributed by atoms with Gasteiger partial charge in [0.25, 0.3) is 5.56 Å². The second-order valence-electron chi connectivity index (χ2n) is 10.2. The van der Waals surface area contributed by atoms with E-state index in [-0.39, 0.29) is 5.56 Å². The Morgan fingerprint density at radius 1 is 1.05 bits per heavy atom. The minimum Gasteiger partial charge on any atom is -0.498 e. The molecule has 1 saturated carbocycles. The van der Waals surface area contributed by atoms with E-state index in [2.05, 4.69) is 25.1 Å². The Balaban J connectivity index is 1.53. The summed E-state index contributed by atoms with van der Waals surface area (Å²) < 4.78 is 7.62. The third-order valence-corrected chi connectivity index (χ3v) is 7.40. The van der Waals surface area contributed by atoms with E-state index in [9.17, 15) is 10.1 Å². The van der Waals surface area contributed by atoms with Crippen LogP contribution in [-0.4, -0.2) is 16.2 Å². The third-order valence-electron chi connectivity index (χ3n) is 7.40. The number of allylic oxidation sites excluding steroid dienone is 4. The maximum Gasteiger partial charge on any atom is 0.261 e. The molecule has 0 radical (unpaired) electrons. The van der Waals surface area contributed by atoms with Crippen LogP contribution in [0.5, 0.6) is 0 Å². The lowest BCUT2D eigenvalue weighted by Gasteiger charge is -2.22. The van der Waals surface area contributed by atoms with Gasteiger partial charge < -0.3 is 4.74 Å². The van der Waals surface area contributed by atoms with Crippen molar-refractivity contribution in [2.45, 2.75) is 71.1 Å². The summed E-state index contributed by atoms with van der Waals surface area (Å²) in [6.45, 7) is 4.83. The van der Waals surface area contributed by atoms with Crippen LogP contribution in [0.4, 0.5) is 0 Å². The fourth-order valence-electron chi connectivity index (χ4n) is 5.18. The topological polar surface area (TPSA) is 67.9 Å². The molecule has 0 spiro atoms. The zero-order chi connectivity index (χ0) is 26.5. The standard InChI is InChI=1S/C33H35N3O2/c1-3-5-10-31-30(21-23-11-13-24(14-12-23)29-9-7-6-8-26(29)22-34)33(37)36(32(35-31)25-15-16-25)27-17-19-28(20-18-27)38-4-2/h6-9,11-14,17,19,25H,3-5,10,15-16,18,20-21H2,1-2H3. The molecule has 38 heavy (non-hydrogen) atoms. The second kappa shape index (κ2) is 11.6. The van der Waals surface area contributed by atoms with E-state index < -0.39 is 0 Å². The zero-order valence-electron chi connectivity index (χ0n) is 22.4. The molecule has 0 bridgehead atoms. The number of unbranched alkanes of at least 4 members (excludes halogenated alkanes) is 1. The second-order valence-corrected chi connectivity index (χ2v) is 10.2. The molecule has 0 amide bonds. The first-order valence-corrected chi connectivity index (χ1v) is 13.9. The van der Waals surface area contributed by atoms with Crippen LogP contribution in [0, 0.1) is 11.3 Å². The van der Waals surface area contributed by atoms with Gasteiger partial charge in [-0.05, 0) is 73.9 Å². The van der Waals surface area contributed by atoms with Crippen molar-refractivity contribution in [2.75, 3.05) is 6.61 Å². The Hall–Kier alpha value is -3.91. The SMILES string of the molecule is CCCCc1nc(C2CC2)n(C2=CC=C(OCC)CC2)c(=O)c1Cc1ccc(-c2ccccc2C#N)cc1. The van der Waals surface area contributed by atoms with E-state index in [4.69, 9.17) is 9.72 Å². The van der Waals surface area contributed by atoms with Crippen molar-refractivity contribution in [2.24, 2.45) is 0 Å². The Kier molecular flexibility index (Phi) is 7.89. The quantitative estimate of drug-likeness (QED) is 0.293. The summed E-state index contributed by atoms with van der Waals surface area (Å²) in [7, 11) is 0. The van der Waals surface area contributed by atoms with Crippen LogP contribution >= 0.6 is 0 Å². The first kappa shape index (κ1) is 25.7. The Morgan fingerprint density at radius 3 is 2.50 bits per heavy atom. The van der Waals surface area contributed by atoms with Crippen LogP contribution in [0.25, 0.3) is 16.8 Å². The van der Waals surface area contributed by atoms with Crippen molar-refractivity contribution in [1.29, 1.82) is 5.26 Å². The van der Waals surface area contributed by atoms with Gasteiger partial charge in [-0.25, -0.2) is 4.98 Å². The molecule has 5 nitrogen and oxygen atoms in total. The van der Waals surface area contributed by atoms with Gasteiger partial charge in [-0.15, -0.1) is 0 Å². The van der Waals surface area contributed by atoms with Crippen LogP contribution in [0.3, 0.4) is 0 Å². The highest BCUT2D eigenvalue weighted by Crippen LogP contribution is 2.40. The monoisotopic (exact) mass is 505 g/mol. The summed E-state index contributed by atoms with van der Waals surface area (Å²) in [5.41, 5.74) is 6.50. The maximum absolute atomic E-state index is 14.2. The van der Waals surface area contributed by atoms with Crippen molar-refractivity contribution in [3.63, 3.8) is 0 Å². The molecule has 5 heteroatoms. The molecule has 1 fully saturated rings. The molecular formula is C33H35N3O2. The Morgan fingerprint density at radius 2 is 1.84 bits per heavy atom. The lowest BCUT2D eigenvalue weighted by atomic mass is 9.96. The predicted molar refractivity (Wildman–Crippen MR) is 152 cm³/mol. The number of hydrogen-bond donors (Lipinski definition) is 0. The van der Waals surface area contributed by atoms with E-state index in [0.29, 0.717) is 24.5 Å². The van der Waals surface area contributed by atoms with Gasteiger partial charge in [0.2, 0.25) is 0 Å². The average Bonchev–Trinajstić information content (AvgIpc) is 3.80. The Labute approximate surface area is 225 Å². The summed E-state index contributed by atoms with van der Waals surface area (Å²) in [4.78, 5) is 19.4. The molecule has 0 aliphatic heterocycles. The van der Waals surface area contributed by atoms with Gasteiger partial charge in [-0.3, -0.25) is 9.36 Å². The van der Waals surface area contributed by atoms with Crippen LogP contribution in [0.2, 0.25) is 0 Å². The summed E-state index contributed by atoms with van der Waals surface area (Å²) in [6, 6.07) is 18.2. The zero-order valence-corrected chi connectivity index (χ0v) is 22.4. The third kappa shape index (κ3) is 5.50. The van der Waals surface area contributed by atoms with Crippen molar-refractivity contribution >= 4 is 5.70 Å². The van der Waals surface area contributed by atoms with E-state index in [1.54, 1.807) is 0 Å². The van der Waals surface area contributed by atoms with Crippen LogP contribution in [0.15, 0.2) is 71.2 Å². The van der Waals surface area contributed by atoms with Crippen molar-refractivity contribution in [3.8, 4) is 17.2 Å². The Bertz CT molecular complexity index is 1470. The molecule has 5 rings (SSSR count). The van der Waals surface area contributed by atoms with Gasteiger partial charge in [0.1, 0.15) is 5.82 Å². The molecule has 2 aromatic carbocycles. The van der Waals surface area contributed by atoms with Gasteiger partial charge in [0, 0.05) is 30.0 Å². The van der Waals surface area contributed by atoms with Crippen molar-refractivity contribution < 1.29 is 4.74 Å². The molecule has 0 N–H and O–H groups in total. The normalized spacial score (nSPS) is 15.0. The molecule has 3 aromatic rings. The largest absolute Gasteiger partial charge is 0.498 e. The molecular weight excluding hydrogens is 470 g/mol. The smallest absolute Gasteiger partial charge is 0.261 e. The highest BCUT2D eigenvalue weighted by Gasteiger charge is 2.31. The van der Waals surface area contributed by atoms with Gasteiger partial charge in [0.05, 0.1) is 29.7 Å². The minimum absolute atomic E-state index is 0.0754. The van der Waals surface area contributed by atoms with Gasteiger partial charge >= 0.3 is 0 Å². The number of nitriles is 1. The maximum atomic E-state index is 14.2. The van der Waals surface area contributed by atoms with E-state index >= 15 is 0 Å². The first-order chi connectivity index (χ1) is 18.6. The number of benzene rings is 2. The number of rotatable bonds is 10. The number of ether oxygens (including phenoxy) is 1. The number of nitrogens with zero attached hydrogens (tertiary/aromatic N) is 3. The van der Waals surface area contributed by atoms with Crippen molar-refractivity contribution in [1.82, 2.24) is 9.55 Å². The predicted octanol–water partition coefficient (Wildman–Crippen LogP) is 7.15. The van der Waals surface area contributed by atoms with Gasteiger partial charge in [-0.1, -0.05) is 55.8 Å². The first-order valence-electron chi connectivity index (χ1n) is 13.9. The number of aromatic nitrogens is 2. The molecule has 2 aliphatic rings. The summed E-state index contributed by atoms with van der Waals surface area (Å²) in [5, 5.41) is 9.49. The molecule has 194 valence electrons. The molecule has 0 unspecified atom stereocenters. The highest BCUT2D eigenvalue weighted by molar-refractivity contribution is 5.70. The fraction of sp³-hybridized carbons (Fsp3) is 0.364. The summed E-state index contributed by atoms with van der Waals surface area (Å²) >= 11 is 0. The van der Waals surface area contributed by atoms with Crippen LogP contribution in [0.1, 0.15) is 86.5 Å². The van der Waals surface area contributed by atoms with Crippen LogP contribution < -0.4 is 5.56 Å². The van der Waals surface area contributed by atoms with Gasteiger partial charge in [-0.2, -0.15) is 5.26 Å². The molecule has 1 aromatic heterocycles. The van der Waals surface area contributed by atoms with E-state index in [0.717, 1.165) is 90.2 Å². The minimum atomic E-state index is 0.0754. The summed E-state index contributed by atoms with van der Waals surface area (Å²) in [6.07, 6.45) is 11.3. The average molecular weight is 506 g/mol. The van der Waals surface area contributed by atoms with E-state index in [1.165, 1.54) is 0 Å². The summed E-state index contributed by atoms with van der Waals surface area (Å²) in [5.74, 6) is 2.28. The molecule has 0 saturated heterocycles. The number of hydrogen-bond acceptors (Lipinski definition) is 4. The lowest BCUT2D eigenvalue weighted by molar-refractivity contribution is 0.218. The number of aryl methyl sites for hydroxylation is 1. The molecule has 1 heterocycles. The van der Waals surface area contributed by atoms with Crippen LogP contribution in [-0.2, 0) is 17.6 Å². The molecule has 2 aliphatic carbocycles.